The summed E-state index contributed by atoms with van der Waals surface area (Å²) in [6.45, 7) is -0.530. The highest BCUT2D eigenvalue weighted by Crippen LogP contribution is 2.32. The molecule has 16 heteroatoms. The first-order valence-electron chi connectivity index (χ1n) is 9.64. The molecule has 182 valence electrons. The number of aromatic nitrogens is 4. The van der Waals surface area contributed by atoms with Crippen molar-refractivity contribution in [2.45, 2.75) is 24.5 Å². The predicted octanol–water partition coefficient (Wildman–Crippen LogP) is -1.44. The van der Waals surface area contributed by atoms with Gasteiger partial charge in [0, 0.05) is 12.6 Å². The molecule has 1 aliphatic heterocycles. The van der Waals surface area contributed by atoms with E-state index in [1.54, 1.807) is 4.72 Å². The van der Waals surface area contributed by atoms with E-state index in [1.165, 1.54) is 24.3 Å². The average Bonchev–Trinajstić information content (AvgIpc) is 3.33. The van der Waals surface area contributed by atoms with Crippen molar-refractivity contribution in [3.05, 3.63) is 42.2 Å². The Morgan fingerprint density at radius 1 is 1.26 bits per heavy atom. The summed E-state index contributed by atoms with van der Waals surface area (Å²) >= 11 is 0. The number of phenolic OH excluding ortho intramolecular Hbond substituents is 1. The minimum absolute atomic E-state index is 0.184. The number of nitrogens with zero attached hydrogens (tertiary/aromatic N) is 4. The number of ether oxygens (including phenoxy) is 2. The van der Waals surface area contributed by atoms with E-state index in [-0.39, 0.29) is 17.0 Å². The quantitative estimate of drug-likeness (QED) is 0.256. The Hall–Kier alpha value is -3.44. The van der Waals surface area contributed by atoms with Crippen molar-refractivity contribution < 1.29 is 42.4 Å². The normalized spacial score (nSPS) is 22.7. The molecule has 0 spiro atoms. The molecule has 0 radical (unpaired) electrons. The molecule has 3 aromatic rings. The summed E-state index contributed by atoms with van der Waals surface area (Å²) in [5, 5.41) is 30.5. The van der Waals surface area contributed by atoms with E-state index in [2.05, 4.69) is 15.0 Å². The number of halogens is 1. The fraction of sp³-hybridized carbons (Fsp3) is 0.333. The van der Waals surface area contributed by atoms with Gasteiger partial charge in [0.05, 0.1) is 19.0 Å². The molecule has 1 aliphatic rings. The minimum atomic E-state index is -4.48. The molecule has 1 aromatic carbocycles. The molecule has 1 fully saturated rings. The van der Waals surface area contributed by atoms with Crippen LogP contribution in [0.3, 0.4) is 0 Å². The smallest absolute Gasteiger partial charge is 0.301 e. The molecule has 1 amide bonds. The van der Waals surface area contributed by atoms with Gasteiger partial charge in [0.1, 0.15) is 36.2 Å². The number of carbonyl (C=O) groups excluding carboxylic acids is 1. The van der Waals surface area contributed by atoms with Gasteiger partial charge >= 0.3 is 10.2 Å². The first-order valence-corrected chi connectivity index (χ1v) is 11.1. The van der Waals surface area contributed by atoms with E-state index >= 15 is 0 Å². The van der Waals surface area contributed by atoms with Crippen LogP contribution >= 0.6 is 0 Å². The molecule has 2 aromatic heterocycles. The number of aliphatic hydroxyl groups excluding tert-OH is 2. The third kappa shape index (κ3) is 4.48. The second-order valence-electron chi connectivity index (χ2n) is 7.20. The van der Waals surface area contributed by atoms with Crippen LogP contribution in [0.5, 0.6) is 11.6 Å². The largest absolute Gasteiger partial charge is 0.507 e. The van der Waals surface area contributed by atoms with E-state index in [9.17, 15) is 32.9 Å². The molecule has 1 saturated heterocycles. The minimum Gasteiger partial charge on any atom is -0.507 e. The molecule has 34 heavy (non-hydrogen) atoms. The van der Waals surface area contributed by atoms with E-state index in [4.69, 9.17) is 9.47 Å². The highest BCUT2D eigenvalue weighted by atomic mass is 32.2. The van der Waals surface area contributed by atoms with Gasteiger partial charge in [-0.2, -0.15) is 18.1 Å². The summed E-state index contributed by atoms with van der Waals surface area (Å²) in [6, 6.07) is 2.44. The van der Waals surface area contributed by atoms with Crippen LogP contribution in [-0.2, 0) is 14.9 Å². The number of hydrogen-bond acceptors (Lipinski definition) is 11. The second-order valence-corrected chi connectivity index (χ2v) is 8.70. The van der Waals surface area contributed by atoms with Crippen LogP contribution in [0.15, 0.2) is 30.9 Å². The lowest BCUT2D eigenvalue weighted by atomic mass is 10.1. The number of amides is 1. The van der Waals surface area contributed by atoms with Crippen molar-refractivity contribution in [2.24, 2.45) is 0 Å². The van der Waals surface area contributed by atoms with Crippen LogP contribution < -0.4 is 14.2 Å². The zero-order chi connectivity index (χ0) is 24.6. The number of fused-ring (bicyclic) bond motifs is 1. The molecular formula is C18H19FN6O8S. The number of aromatic hydroxyl groups is 1. The van der Waals surface area contributed by atoms with Gasteiger partial charge in [-0.1, -0.05) is 0 Å². The highest BCUT2D eigenvalue weighted by Gasteiger charge is 2.44. The number of nitrogens with one attached hydrogen (secondary N) is 2. The Bertz CT molecular complexity index is 1340. The molecule has 5 N–H and O–H groups in total. The van der Waals surface area contributed by atoms with Crippen molar-refractivity contribution in [3.8, 4) is 11.6 Å². The van der Waals surface area contributed by atoms with Crippen molar-refractivity contribution in [1.82, 2.24) is 29.0 Å². The average molecular weight is 498 g/mol. The van der Waals surface area contributed by atoms with Gasteiger partial charge in [-0.05, 0) is 12.1 Å². The lowest BCUT2D eigenvalue weighted by molar-refractivity contribution is -0.0330. The van der Waals surface area contributed by atoms with Gasteiger partial charge in [0.2, 0.25) is 5.88 Å². The van der Waals surface area contributed by atoms with Crippen LogP contribution in [0, 0.1) is 5.82 Å². The lowest BCUT2D eigenvalue weighted by Crippen LogP contribution is -2.45. The molecule has 1 unspecified atom stereocenters. The Kier molecular flexibility index (Phi) is 6.32. The van der Waals surface area contributed by atoms with Gasteiger partial charge in [0.25, 0.3) is 5.91 Å². The molecule has 0 aliphatic carbocycles. The molecule has 3 heterocycles. The van der Waals surface area contributed by atoms with Crippen LogP contribution in [0.2, 0.25) is 0 Å². The topological polar surface area (TPSA) is 198 Å². The number of imidazole rings is 1. The summed E-state index contributed by atoms with van der Waals surface area (Å²) in [7, 11) is -3.09. The number of rotatable bonds is 7. The summed E-state index contributed by atoms with van der Waals surface area (Å²) in [5.41, 5.74) is 0.0608. The van der Waals surface area contributed by atoms with Crippen molar-refractivity contribution >= 4 is 27.3 Å². The number of phenols is 1. The first kappa shape index (κ1) is 23.7. The maximum absolute atomic E-state index is 13.1. The van der Waals surface area contributed by atoms with Crippen LogP contribution in [0.1, 0.15) is 16.6 Å². The van der Waals surface area contributed by atoms with Gasteiger partial charge in [0.15, 0.2) is 17.4 Å². The van der Waals surface area contributed by atoms with E-state index < -0.39 is 64.3 Å². The van der Waals surface area contributed by atoms with Crippen LogP contribution in [-0.4, -0.2) is 81.1 Å². The van der Waals surface area contributed by atoms with Crippen molar-refractivity contribution in [3.63, 3.8) is 0 Å². The fourth-order valence-corrected chi connectivity index (χ4v) is 4.21. The standard InChI is InChI=1S/C18H19FN6O8S/c1-32-17-12-15(20-6-21-17)25(7-22-12)18-14(28)13(27)11(33-18)5-23-34(30,31)24-16(29)9-3-2-8(19)4-10(9)26/h2-4,6-7,11,13-14,18,23,26-28H,5H2,1H3,(H,24,29)/t11?,13-,14-,18-/m1/s1. The molecule has 14 nitrogen and oxygen atoms in total. The van der Waals surface area contributed by atoms with Gasteiger partial charge in [-0.3, -0.25) is 9.36 Å². The maximum atomic E-state index is 13.1. The van der Waals surface area contributed by atoms with Crippen molar-refractivity contribution in [2.75, 3.05) is 13.7 Å². The highest BCUT2D eigenvalue weighted by molar-refractivity contribution is 7.88. The molecular weight excluding hydrogens is 479 g/mol. The fourth-order valence-electron chi connectivity index (χ4n) is 3.40. The Balaban J connectivity index is 1.44. The lowest BCUT2D eigenvalue weighted by Gasteiger charge is -2.16. The van der Waals surface area contributed by atoms with Crippen LogP contribution in [0.25, 0.3) is 11.2 Å². The molecule has 0 bridgehead atoms. The third-order valence-electron chi connectivity index (χ3n) is 5.04. The predicted molar refractivity (Wildman–Crippen MR) is 110 cm³/mol. The molecule has 4 atom stereocenters. The van der Waals surface area contributed by atoms with E-state index in [0.29, 0.717) is 6.07 Å². The number of benzene rings is 1. The number of methoxy groups -OCH3 is 1. The summed E-state index contributed by atoms with van der Waals surface area (Å²) in [5.74, 6) is -2.59. The van der Waals surface area contributed by atoms with E-state index in [0.717, 1.165) is 12.1 Å². The zero-order valence-electron chi connectivity index (χ0n) is 17.4. The monoisotopic (exact) mass is 498 g/mol. The SMILES string of the molecule is COc1ncnc2c1ncn2[C@@H]1OC(CNS(=O)(=O)NC(=O)c2ccc(F)cc2O)[C@@H](O)[C@H]1O. The number of carbonyl (C=O) groups is 1. The zero-order valence-corrected chi connectivity index (χ0v) is 18.2. The van der Waals surface area contributed by atoms with Gasteiger partial charge < -0.3 is 24.8 Å². The maximum Gasteiger partial charge on any atom is 0.301 e. The summed E-state index contributed by atoms with van der Waals surface area (Å²) < 4.78 is 53.3. The van der Waals surface area contributed by atoms with E-state index in [1.807, 2.05) is 4.72 Å². The third-order valence-corrected chi connectivity index (χ3v) is 6.04. The second kappa shape index (κ2) is 9.07. The number of aliphatic hydroxyl groups is 2. The molecule has 4 rings (SSSR count). The summed E-state index contributed by atoms with van der Waals surface area (Å²) in [4.78, 5) is 24.2. The molecule has 0 saturated carbocycles. The van der Waals surface area contributed by atoms with Crippen LogP contribution in [0.4, 0.5) is 4.39 Å². The van der Waals surface area contributed by atoms with Crippen molar-refractivity contribution in [1.29, 1.82) is 0 Å². The first-order chi connectivity index (χ1) is 16.1. The Labute approximate surface area is 191 Å². The van der Waals surface area contributed by atoms with Gasteiger partial charge in [-0.25, -0.2) is 19.1 Å². The van der Waals surface area contributed by atoms with Gasteiger partial charge in [-0.15, -0.1) is 0 Å². The number of hydrogen-bond donors (Lipinski definition) is 5. The summed E-state index contributed by atoms with van der Waals surface area (Å²) in [6.07, 6.45) is -2.86. The Morgan fingerprint density at radius 3 is 2.74 bits per heavy atom. The Morgan fingerprint density at radius 2 is 2.03 bits per heavy atom.